The quantitative estimate of drug-likeness (QED) is 0.811. The van der Waals surface area contributed by atoms with Crippen LogP contribution in [0.25, 0.3) is 0 Å². The molecule has 0 heterocycles. The lowest BCUT2D eigenvalue weighted by Gasteiger charge is -2.27. The van der Waals surface area contributed by atoms with Gasteiger partial charge in [0.25, 0.3) is 0 Å². The molecule has 0 spiro atoms. The largest absolute Gasteiger partial charge is 0.481 e. The molecule has 0 amide bonds. The Morgan fingerprint density at radius 2 is 2.00 bits per heavy atom. The normalized spacial score (nSPS) is 14.5. The van der Waals surface area contributed by atoms with Crippen LogP contribution >= 0.6 is 0 Å². The third-order valence-electron chi connectivity index (χ3n) is 2.86. The van der Waals surface area contributed by atoms with Crippen molar-refractivity contribution in [1.82, 2.24) is 0 Å². The minimum atomic E-state index is -1.07. The van der Waals surface area contributed by atoms with Crippen molar-refractivity contribution in [3.05, 3.63) is 35.9 Å². The number of hydrogen-bond acceptors (Lipinski definition) is 1. The minimum Gasteiger partial charge on any atom is -0.481 e. The molecule has 0 aliphatic carbocycles. The van der Waals surface area contributed by atoms with Gasteiger partial charge in [0.05, 0.1) is 12.1 Å². The monoisotopic (exact) mass is 210 g/mol. The molecule has 0 aliphatic heterocycles. The van der Waals surface area contributed by atoms with Gasteiger partial charge >= 0.3 is 5.97 Å². The second-order valence-corrected chi connectivity index (χ2v) is 3.55. The summed E-state index contributed by atoms with van der Waals surface area (Å²) in [5.74, 6) is -0.950. The number of hydrogen-bond donors (Lipinski definition) is 1. The summed E-state index contributed by atoms with van der Waals surface area (Å²) in [5.41, 5.74) is -0.395. The Bertz CT molecular complexity index is 324. The van der Waals surface area contributed by atoms with Gasteiger partial charge in [0.15, 0.2) is 0 Å². The molecule has 0 radical (unpaired) electrons. The molecule has 0 aromatic heterocycles. The lowest BCUT2D eigenvalue weighted by molar-refractivity contribution is -0.144. The molecular formula is C12H15FO2. The maximum absolute atomic E-state index is 12.5. The van der Waals surface area contributed by atoms with E-state index < -0.39 is 18.1 Å². The van der Waals surface area contributed by atoms with Crippen LogP contribution in [0.15, 0.2) is 30.3 Å². The summed E-state index contributed by atoms with van der Waals surface area (Å²) in [5, 5.41) is 9.24. The highest BCUT2D eigenvalue weighted by atomic mass is 19.1. The lowest BCUT2D eigenvalue weighted by atomic mass is 9.76. The predicted molar refractivity (Wildman–Crippen MR) is 56.6 cm³/mol. The van der Waals surface area contributed by atoms with Crippen LogP contribution in [0.2, 0.25) is 0 Å². The molecule has 1 N–H and O–H groups in total. The van der Waals surface area contributed by atoms with Gasteiger partial charge in [0, 0.05) is 0 Å². The highest BCUT2D eigenvalue weighted by Gasteiger charge is 2.37. The van der Waals surface area contributed by atoms with Crippen molar-refractivity contribution in [1.29, 1.82) is 0 Å². The zero-order valence-electron chi connectivity index (χ0n) is 8.74. The highest BCUT2D eigenvalue weighted by Crippen LogP contribution is 2.32. The molecule has 1 aromatic rings. The topological polar surface area (TPSA) is 37.3 Å². The molecule has 0 aliphatic rings. The Hall–Kier alpha value is -1.38. The first kappa shape index (κ1) is 11.7. The van der Waals surface area contributed by atoms with Gasteiger partial charge in [-0.15, -0.1) is 0 Å². The molecule has 3 heteroatoms. The molecule has 1 atom stereocenters. The fourth-order valence-corrected chi connectivity index (χ4v) is 1.83. The molecule has 0 saturated carbocycles. The van der Waals surface area contributed by atoms with Gasteiger partial charge in [-0.25, -0.2) is 0 Å². The summed E-state index contributed by atoms with van der Waals surface area (Å²) in [7, 11) is 0. The zero-order chi connectivity index (χ0) is 11.3. The van der Waals surface area contributed by atoms with Gasteiger partial charge in [-0.05, 0) is 18.4 Å². The first-order valence-corrected chi connectivity index (χ1v) is 5.02. The van der Waals surface area contributed by atoms with E-state index in [0.717, 1.165) is 0 Å². The number of carboxylic acids is 1. The average molecular weight is 210 g/mol. The van der Waals surface area contributed by atoms with E-state index in [-0.39, 0.29) is 6.42 Å². The second-order valence-electron chi connectivity index (χ2n) is 3.55. The smallest absolute Gasteiger partial charge is 0.314 e. The van der Waals surface area contributed by atoms with Crippen molar-refractivity contribution in [3.8, 4) is 0 Å². The van der Waals surface area contributed by atoms with Gasteiger partial charge in [0.1, 0.15) is 0 Å². The van der Waals surface area contributed by atoms with E-state index >= 15 is 0 Å². The first-order valence-electron chi connectivity index (χ1n) is 5.02. The van der Waals surface area contributed by atoms with Crippen LogP contribution in [0.4, 0.5) is 4.39 Å². The molecule has 2 nitrogen and oxygen atoms in total. The van der Waals surface area contributed by atoms with Crippen molar-refractivity contribution >= 4 is 5.97 Å². The molecule has 0 fully saturated rings. The zero-order valence-corrected chi connectivity index (χ0v) is 8.74. The van der Waals surface area contributed by atoms with Crippen LogP contribution < -0.4 is 0 Å². The summed E-state index contributed by atoms with van der Waals surface area (Å²) >= 11 is 0. The predicted octanol–water partition coefficient (Wildman–Crippen LogP) is 2.78. The van der Waals surface area contributed by atoms with Crippen LogP contribution in [0.3, 0.4) is 0 Å². The Morgan fingerprint density at radius 3 is 2.40 bits per heavy atom. The van der Waals surface area contributed by atoms with Crippen LogP contribution in [0, 0.1) is 0 Å². The van der Waals surface area contributed by atoms with E-state index in [4.69, 9.17) is 0 Å². The molecule has 1 aromatic carbocycles. The van der Waals surface area contributed by atoms with E-state index in [1.165, 1.54) is 0 Å². The number of benzene rings is 1. The number of halogens is 1. The fourth-order valence-electron chi connectivity index (χ4n) is 1.83. The van der Waals surface area contributed by atoms with Crippen LogP contribution in [-0.4, -0.2) is 17.8 Å². The summed E-state index contributed by atoms with van der Waals surface area (Å²) in [6.45, 7) is 1.16. The number of rotatable bonds is 5. The van der Waals surface area contributed by atoms with Crippen LogP contribution in [-0.2, 0) is 10.2 Å². The summed E-state index contributed by atoms with van der Waals surface area (Å²) in [6.07, 6.45) is 0.430. The molecule has 1 unspecified atom stereocenters. The Balaban J connectivity index is 3.15. The van der Waals surface area contributed by atoms with Gasteiger partial charge in [0.2, 0.25) is 0 Å². The summed E-state index contributed by atoms with van der Waals surface area (Å²) in [4.78, 5) is 11.3. The van der Waals surface area contributed by atoms with Gasteiger partial charge in [-0.2, -0.15) is 0 Å². The van der Waals surface area contributed by atoms with E-state index in [9.17, 15) is 14.3 Å². The third-order valence-corrected chi connectivity index (χ3v) is 2.86. The molecule has 15 heavy (non-hydrogen) atoms. The van der Waals surface area contributed by atoms with Crippen LogP contribution in [0.1, 0.15) is 25.3 Å². The molecule has 82 valence electrons. The lowest BCUT2D eigenvalue weighted by Crippen LogP contribution is -2.35. The maximum Gasteiger partial charge on any atom is 0.314 e. The van der Waals surface area contributed by atoms with Gasteiger partial charge < -0.3 is 5.11 Å². The summed E-state index contributed by atoms with van der Waals surface area (Å²) in [6, 6.07) is 8.86. The Kier molecular flexibility index (Phi) is 3.83. The standard InChI is InChI=1S/C12H15FO2/c1-2-12(8-9-13,11(14)15)10-6-4-3-5-7-10/h3-7H,2,8-9H2,1H3,(H,14,15). The van der Waals surface area contributed by atoms with Crippen molar-refractivity contribution in [2.24, 2.45) is 0 Å². The summed E-state index contributed by atoms with van der Waals surface area (Å²) < 4.78 is 12.5. The highest BCUT2D eigenvalue weighted by molar-refractivity contribution is 5.81. The van der Waals surface area contributed by atoms with E-state index in [2.05, 4.69) is 0 Å². The SMILES string of the molecule is CCC(CCF)(C(=O)O)c1ccccc1. The molecule has 0 bridgehead atoms. The van der Waals surface area contributed by atoms with Crippen LogP contribution in [0.5, 0.6) is 0 Å². The molecular weight excluding hydrogens is 195 g/mol. The fraction of sp³-hybridized carbons (Fsp3) is 0.417. The van der Waals surface area contributed by atoms with Crippen molar-refractivity contribution in [2.45, 2.75) is 25.2 Å². The maximum atomic E-state index is 12.5. The first-order chi connectivity index (χ1) is 7.17. The second kappa shape index (κ2) is 4.91. The van der Waals surface area contributed by atoms with Crippen molar-refractivity contribution in [2.75, 3.05) is 6.67 Å². The number of carbonyl (C=O) groups is 1. The Labute approximate surface area is 88.7 Å². The van der Waals surface area contributed by atoms with Gasteiger partial charge in [-0.3, -0.25) is 9.18 Å². The van der Waals surface area contributed by atoms with E-state index in [1.54, 1.807) is 31.2 Å². The van der Waals surface area contributed by atoms with E-state index in [0.29, 0.717) is 12.0 Å². The Morgan fingerprint density at radius 1 is 1.40 bits per heavy atom. The number of aliphatic carboxylic acids is 1. The van der Waals surface area contributed by atoms with Crippen molar-refractivity contribution < 1.29 is 14.3 Å². The average Bonchev–Trinajstić information content (AvgIpc) is 2.26. The molecule has 0 saturated heterocycles. The number of carboxylic acid groups (broad SMARTS) is 1. The molecule has 1 rings (SSSR count). The van der Waals surface area contributed by atoms with Crippen molar-refractivity contribution in [3.63, 3.8) is 0 Å². The van der Waals surface area contributed by atoms with E-state index in [1.807, 2.05) is 6.07 Å². The minimum absolute atomic E-state index is 0.0306. The number of alkyl halides is 1. The third kappa shape index (κ3) is 2.17. The van der Waals surface area contributed by atoms with Gasteiger partial charge in [-0.1, -0.05) is 37.3 Å².